The van der Waals surface area contributed by atoms with E-state index in [4.69, 9.17) is 5.11 Å². The topological polar surface area (TPSA) is 42.2 Å². The molecule has 0 bridgehead atoms. The number of halogens is 1. The molecule has 0 unspecified atom stereocenters. The maximum Gasteiger partial charge on any atom is 0.335 e. The summed E-state index contributed by atoms with van der Waals surface area (Å²) in [7, 11) is 1.92. The van der Waals surface area contributed by atoms with Crippen LogP contribution in [0.3, 0.4) is 0 Å². The molecule has 0 saturated heterocycles. The molecule has 4 heteroatoms. The molecule has 0 fully saturated rings. The van der Waals surface area contributed by atoms with Crippen LogP contribution in [0.15, 0.2) is 28.9 Å². The van der Waals surface area contributed by atoms with Crippen LogP contribution in [0.4, 0.5) is 0 Å². The van der Waals surface area contributed by atoms with Gasteiger partial charge in [0, 0.05) is 23.1 Å². The van der Waals surface area contributed by atoms with Gasteiger partial charge in [0.25, 0.3) is 0 Å². The number of hydrogen-bond donors (Lipinski definition) is 1. The summed E-state index contributed by atoms with van der Waals surface area (Å²) in [6, 6.07) is 5.18. The van der Waals surface area contributed by atoms with Gasteiger partial charge in [-0.05, 0) is 34.1 Å². The third-order valence-corrected chi connectivity index (χ3v) is 2.77. The van der Waals surface area contributed by atoms with Crippen molar-refractivity contribution in [3.05, 3.63) is 34.4 Å². The highest BCUT2D eigenvalue weighted by Crippen LogP contribution is 2.26. The van der Waals surface area contributed by atoms with Gasteiger partial charge >= 0.3 is 5.97 Å². The van der Waals surface area contributed by atoms with Crippen molar-refractivity contribution in [2.45, 2.75) is 0 Å². The molecular weight excluding hydrogens is 246 g/mol. The van der Waals surface area contributed by atoms with E-state index in [0.29, 0.717) is 5.56 Å². The highest BCUT2D eigenvalue weighted by atomic mass is 79.9. The lowest BCUT2D eigenvalue weighted by Gasteiger charge is -2.01. The molecule has 2 rings (SSSR count). The predicted octanol–water partition coefficient (Wildman–Crippen LogP) is 2.64. The number of rotatable bonds is 1. The highest BCUT2D eigenvalue weighted by Gasteiger charge is 2.09. The maximum atomic E-state index is 10.8. The molecule has 0 radical (unpaired) electrons. The Labute approximate surface area is 89.1 Å². The molecule has 1 N–H and O–H groups in total. The summed E-state index contributed by atoms with van der Waals surface area (Å²) in [6.07, 6.45) is 1.90. The Bertz CT molecular complexity index is 516. The summed E-state index contributed by atoms with van der Waals surface area (Å²) in [5, 5.41) is 9.78. The van der Waals surface area contributed by atoms with Crippen molar-refractivity contribution in [3.8, 4) is 0 Å². The third kappa shape index (κ3) is 1.32. The number of aromatic nitrogens is 1. The van der Waals surface area contributed by atoms with Crippen molar-refractivity contribution < 1.29 is 9.90 Å². The van der Waals surface area contributed by atoms with E-state index < -0.39 is 5.97 Å². The molecule has 1 heterocycles. The Balaban J connectivity index is 2.80. The molecule has 1 aromatic carbocycles. The monoisotopic (exact) mass is 253 g/mol. The molecule has 0 aliphatic carbocycles. The lowest BCUT2D eigenvalue weighted by molar-refractivity contribution is 0.0697. The van der Waals surface area contributed by atoms with Gasteiger partial charge in [0.15, 0.2) is 0 Å². The first-order chi connectivity index (χ1) is 6.59. The quantitative estimate of drug-likeness (QED) is 0.849. The van der Waals surface area contributed by atoms with Gasteiger partial charge in [-0.2, -0.15) is 0 Å². The normalized spacial score (nSPS) is 10.7. The zero-order chi connectivity index (χ0) is 10.3. The lowest BCUT2D eigenvalue weighted by Crippen LogP contribution is -1.96. The summed E-state index contributed by atoms with van der Waals surface area (Å²) in [5.74, 6) is -0.906. The van der Waals surface area contributed by atoms with E-state index in [0.717, 1.165) is 15.4 Å². The van der Waals surface area contributed by atoms with Gasteiger partial charge in [-0.15, -0.1) is 0 Å². The Hall–Kier alpha value is -1.29. The van der Waals surface area contributed by atoms with Gasteiger partial charge in [-0.1, -0.05) is 0 Å². The minimum Gasteiger partial charge on any atom is -0.478 e. The van der Waals surface area contributed by atoms with Crippen LogP contribution in [-0.2, 0) is 7.05 Å². The summed E-state index contributed by atoms with van der Waals surface area (Å²) in [4.78, 5) is 10.8. The second-order valence-electron chi connectivity index (χ2n) is 3.13. The molecule has 0 spiro atoms. The molecule has 14 heavy (non-hydrogen) atoms. The molecule has 0 aliphatic rings. The zero-order valence-corrected chi connectivity index (χ0v) is 9.08. The number of aryl methyl sites for hydroxylation is 1. The number of carboxylic acid groups (broad SMARTS) is 1. The van der Waals surface area contributed by atoms with Gasteiger partial charge in [0.1, 0.15) is 0 Å². The van der Waals surface area contributed by atoms with E-state index in [-0.39, 0.29) is 0 Å². The highest BCUT2D eigenvalue weighted by molar-refractivity contribution is 9.10. The van der Waals surface area contributed by atoms with E-state index in [2.05, 4.69) is 15.9 Å². The van der Waals surface area contributed by atoms with E-state index in [9.17, 15) is 4.79 Å². The van der Waals surface area contributed by atoms with E-state index >= 15 is 0 Å². The van der Waals surface area contributed by atoms with Crippen molar-refractivity contribution in [2.75, 3.05) is 0 Å². The molecule has 0 amide bonds. The molecule has 1 aromatic heterocycles. The average Bonchev–Trinajstić information content (AvgIpc) is 2.48. The lowest BCUT2D eigenvalue weighted by atomic mass is 10.1. The first-order valence-electron chi connectivity index (χ1n) is 4.07. The number of carbonyl (C=O) groups is 1. The predicted molar refractivity (Wildman–Crippen MR) is 57.6 cm³/mol. The van der Waals surface area contributed by atoms with Crippen molar-refractivity contribution in [2.24, 2.45) is 7.05 Å². The van der Waals surface area contributed by atoms with E-state index in [1.165, 1.54) is 0 Å². The van der Waals surface area contributed by atoms with Gasteiger partial charge in [-0.25, -0.2) is 4.79 Å². The van der Waals surface area contributed by atoms with Gasteiger partial charge in [0.05, 0.1) is 11.1 Å². The van der Waals surface area contributed by atoms with Gasteiger partial charge in [0.2, 0.25) is 0 Å². The van der Waals surface area contributed by atoms with E-state index in [1.54, 1.807) is 12.1 Å². The molecule has 3 nitrogen and oxygen atoms in total. The first kappa shape index (κ1) is 9.27. The summed E-state index contributed by atoms with van der Waals surface area (Å²) < 4.78 is 2.75. The molecule has 0 aliphatic heterocycles. The van der Waals surface area contributed by atoms with Crippen LogP contribution in [0.2, 0.25) is 0 Å². The average molecular weight is 254 g/mol. The van der Waals surface area contributed by atoms with Gasteiger partial charge < -0.3 is 9.67 Å². The van der Waals surface area contributed by atoms with Gasteiger partial charge in [-0.3, -0.25) is 0 Å². The van der Waals surface area contributed by atoms with Crippen LogP contribution in [0, 0.1) is 0 Å². The fraction of sp³-hybridized carbons (Fsp3) is 0.100. The number of aromatic carboxylic acids is 1. The minimum atomic E-state index is -0.906. The van der Waals surface area contributed by atoms with Crippen molar-refractivity contribution in [1.29, 1.82) is 0 Å². The largest absolute Gasteiger partial charge is 0.478 e. The van der Waals surface area contributed by atoms with Crippen LogP contribution >= 0.6 is 15.9 Å². The van der Waals surface area contributed by atoms with Crippen LogP contribution in [0.25, 0.3) is 10.9 Å². The second-order valence-corrected chi connectivity index (χ2v) is 3.98. The van der Waals surface area contributed by atoms with Crippen molar-refractivity contribution in [1.82, 2.24) is 4.57 Å². The standard InChI is InChI=1S/C10H8BrNO2/c1-12-3-2-6-4-7(10(13)14)5-8(11)9(6)12/h2-5H,1H3,(H,13,14). The molecular formula is C10H8BrNO2. The summed E-state index contributed by atoms with van der Waals surface area (Å²) in [6.45, 7) is 0. The SMILES string of the molecule is Cn1ccc2cc(C(=O)O)cc(Br)c21. The maximum absolute atomic E-state index is 10.8. The second kappa shape index (κ2) is 3.13. The van der Waals surface area contributed by atoms with Crippen LogP contribution < -0.4 is 0 Å². The third-order valence-electron chi connectivity index (χ3n) is 2.17. The number of hydrogen-bond acceptors (Lipinski definition) is 1. The Kier molecular flexibility index (Phi) is 2.07. The fourth-order valence-electron chi connectivity index (χ4n) is 1.51. The molecule has 2 aromatic rings. The number of fused-ring (bicyclic) bond motifs is 1. The number of benzene rings is 1. The first-order valence-corrected chi connectivity index (χ1v) is 4.87. The minimum absolute atomic E-state index is 0.301. The Morgan fingerprint density at radius 1 is 1.50 bits per heavy atom. The van der Waals surface area contributed by atoms with Crippen LogP contribution in [0.5, 0.6) is 0 Å². The number of nitrogens with zero attached hydrogens (tertiary/aromatic N) is 1. The van der Waals surface area contributed by atoms with Crippen LogP contribution in [-0.4, -0.2) is 15.6 Å². The number of carboxylic acids is 1. The fourth-order valence-corrected chi connectivity index (χ4v) is 2.26. The Morgan fingerprint density at radius 2 is 2.21 bits per heavy atom. The van der Waals surface area contributed by atoms with Crippen LogP contribution in [0.1, 0.15) is 10.4 Å². The molecule has 0 atom stereocenters. The van der Waals surface area contributed by atoms with Crippen molar-refractivity contribution >= 4 is 32.8 Å². The zero-order valence-electron chi connectivity index (χ0n) is 7.49. The smallest absolute Gasteiger partial charge is 0.335 e. The Morgan fingerprint density at radius 3 is 2.86 bits per heavy atom. The van der Waals surface area contributed by atoms with E-state index in [1.807, 2.05) is 23.9 Å². The van der Waals surface area contributed by atoms with Crippen molar-refractivity contribution in [3.63, 3.8) is 0 Å². The molecule has 0 saturated carbocycles. The molecule has 72 valence electrons. The summed E-state index contributed by atoms with van der Waals surface area (Å²) in [5.41, 5.74) is 1.31. The summed E-state index contributed by atoms with van der Waals surface area (Å²) >= 11 is 3.36.